The number of fused-ring (bicyclic) bond motifs is 1. The van der Waals surface area contributed by atoms with Gasteiger partial charge in [0.1, 0.15) is 17.7 Å². The van der Waals surface area contributed by atoms with Crippen LogP contribution in [0.15, 0.2) is 91.3 Å². The number of methoxy groups -OCH3 is 1. The molecule has 0 saturated carbocycles. The van der Waals surface area contributed by atoms with Crippen LogP contribution in [0.4, 0.5) is 16.4 Å². The number of carbonyl (C=O) groups is 1. The van der Waals surface area contributed by atoms with Crippen molar-refractivity contribution in [2.24, 2.45) is 0 Å². The van der Waals surface area contributed by atoms with Crippen LogP contribution in [0, 0.1) is 6.92 Å². The van der Waals surface area contributed by atoms with E-state index >= 15 is 0 Å². The van der Waals surface area contributed by atoms with Gasteiger partial charge in [0.15, 0.2) is 0 Å². The van der Waals surface area contributed by atoms with Gasteiger partial charge in [-0.25, -0.2) is 32.5 Å². The molecule has 0 radical (unpaired) electrons. The molecule has 1 aliphatic heterocycles. The fourth-order valence-corrected chi connectivity index (χ4v) is 7.62. The Labute approximate surface area is 285 Å². The Bertz CT molecular complexity index is 2060. The molecule has 3 aromatic carbocycles. The Morgan fingerprint density at radius 3 is 2.61 bits per heavy atom. The topological polar surface area (TPSA) is 147 Å². The molecule has 3 heterocycles. The third-order valence-electron chi connectivity index (χ3n) is 8.65. The zero-order valence-corrected chi connectivity index (χ0v) is 28.3. The van der Waals surface area contributed by atoms with E-state index in [4.69, 9.17) is 14.5 Å². The van der Waals surface area contributed by atoms with Gasteiger partial charge in [0, 0.05) is 49.4 Å². The third kappa shape index (κ3) is 7.13. The zero-order chi connectivity index (χ0) is 34.5. The molecule has 0 unspecified atom stereocenters. The van der Waals surface area contributed by atoms with E-state index in [2.05, 4.69) is 15.3 Å². The number of likely N-dealkylation sites (tertiary alicyclic amines) is 1. The lowest BCUT2D eigenvalue weighted by Gasteiger charge is -2.31. The molecule has 1 aliphatic rings. The summed E-state index contributed by atoms with van der Waals surface area (Å²) >= 11 is 0. The molecule has 5 aromatic rings. The smallest absolute Gasteiger partial charge is 0.407 e. The number of sulfonamides is 1. The molecule has 2 N–H and O–H groups in total. The fourth-order valence-electron chi connectivity index (χ4n) is 6.05. The predicted molar refractivity (Wildman–Crippen MR) is 188 cm³/mol. The number of nitrogens with zero attached hydrogens (tertiary/aromatic N) is 5. The van der Waals surface area contributed by atoms with Crippen LogP contribution in [0.3, 0.4) is 0 Å². The van der Waals surface area contributed by atoms with Crippen molar-refractivity contribution in [3.63, 3.8) is 0 Å². The second-order valence-electron chi connectivity index (χ2n) is 11.9. The fraction of sp³-hybridized carbons (Fsp3) is 0.278. The maximum atomic E-state index is 14.1. The van der Waals surface area contributed by atoms with E-state index in [-0.39, 0.29) is 12.8 Å². The van der Waals surface area contributed by atoms with Crippen molar-refractivity contribution in [1.29, 1.82) is 0 Å². The molecule has 0 spiro atoms. The van der Waals surface area contributed by atoms with Gasteiger partial charge in [-0.2, -0.15) is 0 Å². The largest absolute Gasteiger partial charge is 0.465 e. The summed E-state index contributed by atoms with van der Waals surface area (Å²) < 4.78 is 41.4. The van der Waals surface area contributed by atoms with Crippen molar-refractivity contribution in [3.8, 4) is 22.9 Å². The number of aryl methyl sites for hydroxylation is 1. The highest BCUT2D eigenvalue weighted by Gasteiger charge is 2.32. The molecule has 1 saturated heterocycles. The van der Waals surface area contributed by atoms with Gasteiger partial charge < -0.3 is 24.8 Å². The minimum absolute atomic E-state index is 0.116. The average molecular weight is 683 g/mol. The van der Waals surface area contributed by atoms with Gasteiger partial charge >= 0.3 is 6.09 Å². The number of nitrogens with one attached hydrogen (secondary N) is 1. The first-order chi connectivity index (χ1) is 23.7. The number of piperidine rings is 1. The molecule has 0 aliphatic carbocycles. The van der Waals surface area contributed by atoms with Gasteiger partial charge in [-0.1, -0.05) is 54.6 Å². The second-order valence-corrected chi connectivity index (χ2v) is 14.1. The Kier molecular flexibility index (Phi) is 9.92. The van der Waals surface area contributed by atoms with Gasteiger partial charge in [0.2, 0.25) is 21.9 Å². The number of hydrogen-bond acceptors (Lipinski definition) is 9. The molecule has 1 fully saturated rings. The third-order valence-corrected chi connectivity index (χ3v) is 10.7. The summed E-state index contributed by atoms with van der Waals surface area (Å²) in [5.74, 6) is 1.20. The number of carboxylic acid groups (broad SMARTS) is 1. The number of aromatic nitrogens is 3. The minimum Gasteiger partial charge on any atom is -0.465 e. The molecule has 2 atom stereocenters. The zero-order valence-electron chi connectivity index (χ0n) is 27.5. The van der Waals surface area contributed by atoms with Crippen LogP contribution in [-0.4, -0.2) is 72.4 Å². The van der Waals surface area contributed by atoms with Crippen molar-refractivity contribution in [3.05, 3.63) is 102 Å². The molecule has 1 amide bonds. The van der Waals surface area contributed by atoms with Crippen molar-refractivity contribution in [2.75, 3.05) is 36.6 Å². The second kappa shape index (κ2) is 14.5. The monoisotopic (exact) mass is 682 g/mol. The number of anilines is 2. The van der Waals surface area contributed by atoms with Crippen LogP contribution in [0.1, 0.15) is 36.1 Å². The predicted octanol–water partition coefficient (Wildman–Crippen LogP) is 6.85. The number of benzene rings is 3. The first-order valence-electron chi connectivity index (χ1n) is 16.0. The first-order valence-corrected chi connectivity index (χ1v) is 17.5. The maximum Gasteiger partial charge on any atom is 0.407 e. The van der Waals surface area contributed by atoms with Crippen molar-refractivity contribution in [1.82, 2.24) is 19.9 Å². The number of hydrogen-bond donors (Lipinski definition) is 2. The quantitative estimate of drug-likeness (QED) is 0.142. The summed E-state index contributed by atoms with van der Waals surface area (Å²) in [4.78, 5) is 26.6. The molecule has 49 heavy (non-hydrogen) atoms. The van der Waals surface area contributed by atoms with Gasteiger partial charge in [-0.15, -0.1) is 0 Å². The Morgan fingerprint density at radius 2 is 1.84 bits per heavy atom. The standard InChI is InChI=1S/C36H38N6O6S/c1-24-16-17-28-29(13-7-15-32(28)42(23-47-3)49(45,46)25(2)26-10-5-4-6-11-26)33(24)48-34-30(14-8-19-37-34)31-18-20-38-35(40-31)39-27-12-9-21-41(22-27)36(43)44/h4-8,10-11,13-20,25,27H,9,12,21-23H2,1-3H3,(H,43,44)(H,38,39,40)/t25-,27-/m0/s1. The van der Waals surface area contributed by atoms with E-state index in [1.165, 1.54) is 16.3 Å². The van der Waals surface area contributed by atoms with E-state index in [0.717, 1.165) is 18.4 Å². The molecule has 6 rings (SSSR count). The highest BCUT2D eigenvalue weighted by Crippen LogP contribution is 2.41. The van der Waals surface area contributed by atoms with E-state index in [1.54, 1.807) is 55.7 Å². The number of pyridine rings is 1. The van der Waals surface area contributed by atoms with Crippen molar-refractivity contribution >= 4 is 38.5 Å². The Balaban J connectivity index is 1.34. The summed E-state index contributed by atoms with van der Waals surface area (Å²) in [5, 5.41) is 13.3. The van der Waals surface area contributed by atoms with E-state index in [9.17, 15) is 18.3 Å². The molecular weight excluding hydrogens is 644 g/mol. The highest BCUT2D eigenvalue weighted by atomic mass is 32.2. The van der Waals surface area contributed by atoms with Gasteiger partial charge in [0.05, 0.1) is 16.9 Å². The summed E-state index contributed by atoms with van der Waals surface area (Å²) in [7, 11) is -2.44. The van der Waals surface area contributed by atoms with Gasteiger partial charge in [-0.3, -0.25) is 0 Å². The van der Waals surface area contributed by atoms with Crippen molar-refractivity contribution < 1.29 is 27.8 Å². The summed E-state index contributed by atoms with van der Waals surface area (Å²) in [6.45, 7) is 4.27. The first kappa shape index (κ1) is 33.6. The molecule has 2 aromatic heterocycles. The summed E-state index contributed by atoms with van der Waals surface area (Å²) in [5.41, 5.74) is 3.15. The van der Waals surface area contributed by atoms with E-state index in [0.29, 0.717) is 63.9 Å². The van der Waals surface area contributed by atoms with Crippen LogP contribution in [0.2, 0.25) is 0 Å². The SMILES string of the molecule is COCN(c1cccc2c(Oc3ncccc3-c3ccnc(N[C@H]4CCCN(C(=O)O)C4)n3)c(C)ccc12)S(=O)(=O)[C@@H](C)c1ccccc1. The van der Waals surface area contributed by atoms with Crippen LogP contribution < -0.4 is 14.4 Å². The normalized spacial score (nSPS) is 15.5. The van der Waals surface area contributed by atoms with Crippen LogP contribution >= 0.6 is 0 Å². The van der Waals surface area contributed by atoms with E-state index in [1.807, 2.05) is 49.4 Å². The van der Waals surface area contributed by atoms with E-state index < -0.39 is 21.4 Å². The Morgan fingerprint density at radius 1 is 1.02 bits per heavy atom. The van der Waals surface area contributed by atoms with Crippen LogP contribution in [0.25, 0.3) is 22.0 Å². The van der Waals surface area contributed by atoms with Gasteiger partial charge in [0.25, 0.3) is 0 Å². The molecule has 12 nitrogen and oxygen atoms in total. The highest BCUT2D eigenvalue weighted by molar-refractivity contribution is 7.93. The number of amides is 1. The molecular formula is C36H38N6O6S. The maximum absolute atomic E-state index is 14.1. The van der Waals surface area contributed by atoms with Crippen molar-refractivity contribution in [2.45, 2.75) is 38.0 Å². The lowest BCUT2D eigenvalue weighted by atomic mass is 10.0. The molecule has 254 valence electrons. The van der Waals surface area contributed by atoms with Gasteiger partial charge in [-0.05, 0) is 62.1 Å². The van der Waals surface area contributed by atoms with Crippen LogP contribution in [0.5, 0.6) is 11.6 Å². The summed E-state index contributed by atoms with van der Waals surface area (Å²) in [6, 6.07) is 23.6. The molecule has 0 bridgehead atoms. The number of rotatable bonds is 11. The summed E-state index contributed by atoms with van der Waals surface area (Å²) in [6.07, 6.45) is 3.87. The minimum atomic E-state index is -3.90. The van der Waals surface area contributed by atoms with Crippen LogP contribution in [-0.2, 0) is 14.8 Å². The number of ether oxygens (including phenoxy) is 2. The lowest BCUT2D eigenvalue weighted by Crippen LogP contribution is -2.44. The Hall–Kier alpha value is -5.27. The molecule has 13 heteroatoms. The lowest BCUT2D eigenvalue weighted by molar-refractivity contribution is 0.132. The average Bonchev–Trinajstić information content (AvgIpc) is 3.12.